The molecule has 1 aliphatic rings. The van der Waals surface area contributed by atoms with Gasteiger partial charge in [0.15, 0.2) is 0 Å². The number of carbonyl (C=O) groups is 4. The van der Waals surface area contributed by atoms with Gasteiger partial charge < -0.3 is 16.2 Å². The highest BCUT2D eigenvalue weighted by Gasteiger charge is 2.45. The average Bonchev–Trinajstić information content (AvgIpc) is 3.30. The summed E-state index contributed by atoms with van der Waals surface area (Å²) < 4.78 is 27.6. The predicted octanol–water partition coefficient (Wildman–Crippen LogP) is 1.75. The SMILES string of the molecule is CC(N)=NC(=O)CCC(=O)Cc1ccc(C[C@H](NC(=O)[C@@H]2CSC(C)N2S(=O)(=O)c2ccccc2)C(=O)O)cc1. The van der Waals surface area contributed by atoms with Crippen molar-refractivity contribution in [3.8, 4) is 0 Å². The molecule has 1 fully saturated rings. The molecule has 13 heteroatoms. The molecule has 0 aliphatic carbocycles. The van der Waals surface area contributed by atoms with Gasteiger partial charge >= 0.3 is 5.97 Å². The molecule has 11 nitrogen and oxygen atoms in total. The van der Waals surface area contributed by atoms with Crippen LogP contribution in [0.4, 0.5) is 0 Å². The molecule has 0 radical (unpaired) electrons. The van der Waals surface area contributed by atoms with E-state index in [1.165, 1.54) is 30.8 Å². The van der Waals surface area contributed by atoms with E-state index >= 15 is 0 Å². The number of benzene rings is 2. The number of ketones is 1. The van der Waals surface area contributed by atoms with E-state index in [4.69, 9.17) is 5.73 Å². The van der Waals surface area contributed by atoms with E-state index in [1.807, 2.05) is 0 Å². The molecular weight excluding hydrogens is 556 g/mol. The van der Waals surface area contributed by atoms with Crippen molar-refractivity contribution in [1.82, 2.24) is 9.62 Å². The van der Waals surface area contributed by atoms with Crippen LogP contribution in [0.2, 0.25) is 0 Å². The third kappa shape index (κ3) is 8.23. The number of carbonyl (C=O) groups excluding carboxylic acids is 3. The normalized spacial score (nSPS) is 18.7. The first-order chi connectivity index (χ1) is 18.9. The maximum atomic E-state index is 13.3. The number of nitrogens with zero attached hydrogens (tertiary/aromatic N) is 2. The summed E-state index contributed by atoms with van der Waals surface area (Å²) in [7, 11) is -3.98. The second-order valence-corrected chi connectivity index (χ2v) is 12.6. The van der Waals surface area contributed by atoms with Crippen LogP contribution < -0.4 is 11.1 Å². The summed E-state index contributed by atoms with van der Waals surface area (Å²) in [5.74, 6) is -2.23. The van der Waals surface area contributed by atoms with Gasteiger partial charge in [0.1, 0.15) is 17.9 Å². The predicted molar refractivity (Wildman–Crippen MR) is 151 cm³/mol. The van der Waals surface area contributed by atoms with Crippen molar-refractivity contribution in [2.45, 2.75) is 61.9 Å². The molecule has 1 heterocycles. The van der Waals surface area contributed by atoms with Gasteiger partial charge in [-0.2, -0.15) is 4.31 Å². The standard InChI is InChI=1S/C27H32N4O7S2/c1-17(28)29-25(33)13-12-21(32)14-19-8-10-20(11-9-19)15-23(27(35)36)30-26(34)24-16-39-18(2)31(24)40(37,38)22-6-4-3-5-7-22/h3-11,18,23-24H,12-16H2,1-2H3,(H,30,34)(H,35,36)(H2,28,29,33)/t18?,23-,24-/m0/s1. The average molecular weight is 589 g/mol. The van der Waals surface area contributed by atoms with Crippen LogP contribution in [0.1, 0.15) is 37.8 Å². The Bertz CT molecular complexity index is 1380. The molecule has 0 aromatic heterocycles. The summed E-state index contributed by atoms with van der Waals surface area (Å²) in [5.41, 5.74) is 6.65. The lowest BCUT2D eigenvalue weighted by Crippen LogP contribution is -2.53. The van der Waals surface area contributed by atoms with Crippen LogP contribution in [0.5, 0.6) is 0 Å². The quantitative estimate of drug-likeness (QED) is 0.246. The number of amides is 2. The lowest BCUT2D eigenvalue weighted by atomic mass is 10.0. The van der Waals surface area contributed by atoms with Crippen LogP contribution in [0, 0.1) is 0 Å². The summed E-state index contributed by atoms with van der Waals surface area (Å²) in [6.45, 7) is 3.17. The van der Waals surface area contributed by atoms with Crippen LogP contribution in [-0.4, -0.2) is 70.4 Å². The highest BCUT2D eigenvalue weighted by atomic mass is 32.2. The molecule has 0 bridgehead atoms. The zero-order chi connectivity index (χ0) is 29.4. The Labute approximate surface area is 237 Å². The number of hydrogen-bond donors (Lipinski definition) is 3. The van der Waals surface area contributed by atoms with E-state index in [1.54, 1.807) is 49.4 Å². The number of nitrogens with one attached hydrogen (secondary N) is 1. The Kier molecular flexibility index (Phi) is 10.6. The van der Waals surface area contributed by atoms with Gasteiger partial charge in [0.05, 0.1) is 16.1 Å². The van der Waals surface area contributed by atoms with Crippen molar-refractivity contribution >= 4 is 51.2 Å². The summed E-state index contributed by atoms with van der Waals surface area (Å²) in [5, 5.41) is 11.8. The van der Waals surface area contributed by atoms with Gasteiger partial charge in [-0.15, -0.1) is 11.8 Å². The fraction of sp³-hybridized carbons (Fsp3) is 0.370. The Morgan fingerprint density at radius 3 is 2.30 bits per heavy atom. The molecule has 0 saturated carbocycles. The second kappa shape index (κ2) is 13.7. The summed E-state index contributed by atoms with van der Waals surface area (Å²) in [6, 6.07) is 12.1. The van der Waals surface area contributed by atoms with Crippen LogP contribution in [0.25, 0.3) is 0 Å². The van der Waals surface area contributed by atoms with Crippen molar-refractivity contribution in [3.63, 3.8) is 0 Å². The van der Waals surface area contributed by atoms with Gasteiger partial charge in [-0.25, -0.2) is 18.2 Å². The smallest absolute Gasteiger partial charge is 0.326 e. The number of carboxylic acids is 1. The summed E-state index contributed by atoms with van der Waals surface area (Å²) in [4.78, 5) is 52.6. The van der Waals surface area contributed by atoms with Gasteiger partial charge in [-0.3, -0.25) is 14.4 Å². The van der Waals surface area contributed by atoms with Gasteiger partial charge in [0.2, 0.25) is 21.8 Å². The molecule has 1 saturated heterocycles. The van der Waals surface area contributed by atoms with Crippen molar-refractivity contribution in [2.24, 2.45) is 10.7 Å². The number of sulfonamides is 1. The van der Waals surface area contributed by atoms with Crippen LogP contribution in [0.15, 0.2) is 64.5 Å². The molecule has 1 unspecified atom stereocenters. The second-order valence-electron chi connectivity index (χ2n) is 9.38. The molecular formula is C27H32N4O7S2. The molecule has 0 spiro atoms. The minimum absolute atomic E-state index is 0.0273. The molecule has 4 N–H and O–H groups in total. The number of aliphatic carboxylic acids is 1. The maximum Gasteiger partial charge on any atom is 0.326 e. The van der Waals surface area contributed by atoms with E-state index in [2.05, 4.69) is 10.3 Å². The number of Topliss-reactive ketones (excluding diaryl/α,β-unsaturated/α-hetero) is 1. The van der Waals surface area contributed by atoms with Gasteiger partial charge in [0, 0.05) is 31.4 Å². The largest absolute Gasteiger partial charge is 0.480 e. The number of amidine groups is 1. The topological polar surface area (TPSA) is 176 Å². The van der Waals surface area contributed by atoms with Crippen molar-refractivity contribution in [2.75, 3.05) is 5.75 Å². The molecule has 3 rings (SSSR count). The number of rotatable bonds is 12. The van der Waals surface area contributed by atoms with Crippen LogP contribution in [-0.2, 0) is 42.0 Å². The first-order valence-electron chi connectivity index (χ1n) is 12.5. The molecule has 2 aromatic carbocycles. The van der Waals surface area contributed by atoms with E-state index in [9.17, 15) is 32.7 Å². The zero-order valence-electron chi connectivity index (χ0n) is 22.1. The molecule has 2 amide bonds. The van der Waals surface area contributed by atoms with Gasteiger partial charge in [-0.05, 0) is 37.1 Å². The monoisotopic (exact) mass is 588 g/mol. The number of thioether (sulfide) groups is 1. The number of nitrogens with two attached hydrogens (primary N) is 1. The minimum atomic E-state index is -3.98. The van der Waals surface area contributed by atoms with Crippen molar-refractivity contribution < 1.29 is 32.7 Å². The first-order valence-corrected chi connectivity index (χ1v) is 15.0. The minimum Gasteiger partial charge on any atom is -0.480 e. The van der Waals surface area contributed by atoms with Crippen LogP contribution >= 0.6 is 11.8 Å². The van der Waals surface area contributed by atoms with E-state index < -0.39 is 45.3 Å². The Morgan fingerprint density at radius 1 is 1.07 bits per heavy atom. The molecule has 2 aromatic rings. The third-order valence-electron chi connectivity index (χ3n) is 6.18. The molecule has 1 aliphatic heterocycles. The first kappa shape index (κ1) is 31.0. The van der Waals surface area contributed by atoms with E-state index in [0.717, 1.165) is 4.31 Å². The van der Waals surface area contributed by atoms with Crippen LogP contribution in [0.3, 0.4) is 0 Å². The molecule has 214 valence electrons. The van der Waals surface area contributed by atoms with Crippen molar-refractivity contribution in [1.29, 1.82) is 0 Å². The Morgan fingerprint density at radius 2 is 1.70 bits per heavy atom. The summed E-state index contributed by atoms with van der Waals surface area (Å²) >= 11 is 1.30. The zero-order valence-corrected chi connectivity index (χ0v) is 23.8. The van der Waals surface area contributed by atoms with Gasteiger partial charge in [0.25, 0.3) is 0 Å². The fourth-order valence-corrected chi connectivity index (χ4v) is 7.54. The lowest BCUT2D eigenvalue weighted by molar-refractivity contribution is -0.142. The third-order valence-corrected chi connectivity index (χ3v) is 9.52. The molecule has 3 atom stereocenters. The number of hydrogen-bond acceptors (Lipinski definition) is 7. The van der Waals surface area contributed by atoms with E-state index in [0.29, 0.717) is 11.1 Å². The number of aliphatic imine (C=N–C) groups is 1. The fourth-order valence-electron chi connectivity index (χ4n) is 4.21. The summed E-state index contributed by atoms with van der Waals surface area (Å²) in [6.07, 6.45) is 0.0513. The number of carboxylic acid groups (broad SMARTS) is 1. The van der Waals surface area contributed by atoms with E-state index in [-0.39, 0.29) is 48.0 Å². The maximum absolute atomic E-state index is 13.3. The Hall–Kier alpha value is -3.55. The highest BCUT2D eigenvalue weighted by molar-refractivity contribution is 8.01. The highest BCUT2D eigenvalue weighted by Crippen LogP contribution is 2.34. The van der Waals surface area contributed by atoms with Crippen molar-refractivity contribution in [3.05, 3.63) is 65.7 Å². The lowest BCUT2D eigenvalue weighted by Gasteiger charge is -2.27. The molecule has 40 heavy (non-hydrogen) atoms. The Balaban J connectivity index is 1.63. The van der Waals surface area contributed by atoms with Gasteiger partial charge in [-0.1, -0.05) is 42.5 Å².